The van der Waals surface area contributed by atoms with Crippen LogP contribution in [0, 0.1) is 11.3 Å². The highest BCUT2D eigenvalue weighted by atomic mass is 19.3. The number of likely N-dealkylation sites (tertiary alicyclic amines) is 1. The molecule has 0 radical (unpaired) electrons. The molecule has 1 aromatic rings. The smallest absolute Gasteiger partial charge is 0.253 e. The predicted molar refractivity (Wildman–Crippen MR) is 120 cm³/mol. The van der Waals surface area contributed by atoms with Crippen LogP contribution in [0.2, 0.25) is 0 Å². The first kappa shape index (κ1) is 26.2. The van der Waals surface area contributed by atoms with Crippen LogP contribution in [-0.4, -0.2) is 59.8 Å². The minimum absolute atomic E-state index is 0.0465. The van der Waals surface area contributed by atoms with Crippen molar-refractivity contribution in [3.8, 4) is 6.07 Å². The molecule has 34 heavy (non-hydrogen) atoms. The molecule has 1 aliphatic heterocycles. The Kier molecular flexibility index (Phi) is 9.01. The molecule has 1 saturated heterocycles. The number of allylic oxidation sites excluding steroid dienone is 3. The van der Waals surface area contributed by atoms with E-state index in [1.165, 1.54) is 37.7 Å². The van der Waals surface area contributed by atoms with Crippen molar-refractivity contribution in [2.75, 3.05) is 25.5 Å². The van der Waals surface area contributed by atoms with Crippen molar-refractivity contribution in [1.82, 2.24) is 15.2 Å². The zero-order valence-corrected chi connectivity index (χ0v) is 18.8. The summed E-state index contributed by atoms with van der Waals surface area (Å²) in [5, 5.41) is 14.1. The van der Waals surface area contributed by atoms with E-state index in [0.29, 0.717) is 11.3 Å². The number of alkyl halides is 2. The lowest BCUT2D eigenvalue weighted by atomic mass is 9.99. The highest BCUT2D eigenvalue weighted by Gasteiger charge is 2.42. The number of nitrogens with one attached hydrogen (secondary N) is 2. The fraction of sp³-hybridized carbons (Fsp3) is 0.348. The van der Waals surface area contributed by atoms with Crippen LogP contribution in [0.5, 0.6) is 0 Å². The van der Waals surface area contributed by atoms with Crippen LogP contribution in [-0.2, 0) is 14.3 Å². The van der Waals surface area contributed by atoms with Gasteiger partial charge in [-0.05, 0) is 25.1 Å². The summed E-state index contributed by atoms with van der Waals surface area (Å²) in [4.78, 5) is 42.5. The van der Waals surface area contributed by atoms with E-state index in [0.717, 1.165) is 4.90 Å². The third kappa shape index (κ3) is 6.96. The van der Waals surface area contributed by atoms with Gasteiger partial charge in [0.2, 0.25) is 5.91 Å². The minimum atomic E-state index is -3.01. The van der Waals surface area contributed by atoms with Gasteiger partial charge in [0.15, 0.2) is 0 Å². The number of anilines is 1. The summed E-state index contributed by atoms with van der Waals surface area (Å²) in [5.41, 5.74) is 0.466. The highest BCUT2D eigenvalue weighted by molar-refractivity contribution is 6.08. The monoisotopic (exact) mass is 473 g/mol. The number of nitriles is 1. The van der Waals surface area contributed by atoms with Gasteiger partial charge in [0.05, 0.1) is 37.2 Å². The number of hydrogen-bond acceptors (Lipinski definition) is 6. The van der Waals surface area contributed by atoms with Crippen molar-refractivity contribution in [1.29, 1.82) is 5.26 Å². The summed E-state index contributed by atoms with van der Waals surface area (Å²) in [6.45, 7) is 4.36. The predicted octanol–water partition coefficient (Wildman–Crippen LogP) is 2.56. The quantitative estimate of drug-likeness (QED) is 0.340. The molecule has 0 aliphatic carbocycles. The number of hydrogen-bond donors (Lipinski definition) is 2. The van der Waals surface area contributed by atoms with Crippen molar-refractivity contribution in [2.24, 2.45) is 0 Å². The first-order valence-electron chi connectivity index (χ1n) is 10.3. The molecule has 1 atom stereocenters. The number of carbonyl (C=O) groups excluding carboxylic acids is 3. The number of halogens is 2. The summed E-state index contributed by atoms with van der Waals surface area (Å²) in [6.07, 6.45) is 5.86. The van der Waals surface area contributed by atoms with Gasteiger partial charge in [-0.1, -0.05) is 12.7 Å². The molecule has 2 heterocycles. The summed E-state index contributed by atoms with van der Waals surface area (Å²) in [7, 11) is 1.46. The van der Waals surface area contributed by atoms with Gasteiger partial charge in [-0.15, -0.1) is 0 Å². The van der Waals surface area contributed by atoms with Crippen molar-refractivity contribution >= 4 is 23.4 Å². The number of piperidine rings is 1. The van der Waals surface area contributed by atoms with E-state index in [9.17, 15) is 23.2 Å². The molecule has 3 amide bonds. The molecule has 9 nitrogen and oxygen atoms in total. The average molecular weight is 473 g/mol. The van der Waals surface area contributed by atoms with E-state index >= 15 is 0 Å². The number of methoxy groups -OCH3 is 1. The molecular weight excluding hydrogens is 448 g/mol. The van der Waals surface area contributed by atoms with E-state index in [2.05, 4.69) is 22.2 Å². The molecule has 0 bridgehead atoms. The third-order valence-electron chi connectivity index (χ3n) is 5.06. The van der Waals surface area contributed by atoms with Crippen molar-refractivity contribution in [3.05, 3.63) is 60.2 Å². The van der Waals surface area contributed by atoms with Crippen LogP contribution in [0.4, 0.5) is 14.5 Å². The lowest BCUT2D eigenvalue weighted by Gasteiger charge is -2.35. The molecule has 0 saturated carbocycles. The fourth-order valence-electron chi connectivity index (χ4n) is 3.12. The van der Waals surface area contributed by atoms with E-state index < -0.39 is 49.1 Å². The SMILES string of the molecule is C=C/C(=C\C=C(/C)C(=O)Nc1cnccc1C(=O)NCC(=O)N1CCC(F)(F)C[C@H]1C#N)OC. The number of ether oxygens (including phenoxy) is 1. The molecule has 2 rings (SSSR count). The topological polar surface area (TPSA) is 124 Å². The molecule has 0 aromatic carbocycles. The van der Waals surface area contributed by atoms with Crippen LogP contribution in [0.1, 0.15) is 30.1 Å². The Balaban J connectivity index is 2.05. The van der Waals surface area contributed by atoms with Gasteiger partial charge in [0.25, 0.3) is 17.7 Å². The highest BCUT2D eigenvalue weighted by Crippen LogP contribution is 2.31. The summed E-state index contributed by atoms with van der Waals surface area (Å²) < 4.78 is 32.1. The molecule has 1 aliphatic rings. The second-order valence-corrected chi connectivity index (χ2v) is 7.43. The molecule has 1 fully saturated rings. The zero-order valence-electron chi connectivity index (χ0n) is 18.8. The second kappa shape index (κ2) is 11.7. The number of rotatable bonds is 8. The molecule has 0 spiro atoms. The van der Waals surface area contributed by atoms with Gasteiger partial charge >= 0.3 is 0 Å². The normalized spacial score (nSPS) is 17.9. The van der Waals surface area contributed by atoms with Gasteiger partial charge in [0, 0.05) is 31.2 Å². The Morgan fingerprint density at radius 1 is 1.41 bits per heavy atom. The van der Waals surface area contributed by atoms with Crippen LogP contribution >= 0.6 is 0 Å². The Hall–Kier alpha value is -4.07. The van der Waals surface area contributed by atoms with Gasteiger partial charge in [-0.2, -0.15) is 5.26 Å². The van der Waals surface area contributed by atoms with Crippen molar-refractivity contribution in [2.45, 2.75) is 31.7 Å². The fourth-order valence-corrected chi connectivity index (χ4v) is 3.12. The van der Waals surface area contributed by atoms with Gasteiger partial charge in [-0.25, -0.2) is 8.78 Å². The number of nitrogens with zero attached hydrogens (tertiary/aromatic N) is 3. The number of aromatic nitrogens is 1. The van der Waals surface area contributed by atoms with E-state index in [-0.39, 0.29) is 17.8 Å². The van der Waals surface area contributed by atoms with Crippen LogP contribution in [0.3, 0.4) is 0 Å². The van der Waals surface area contributed by atoms with Gasteiger partial charge in [-0.3, -0.25) is 19.4 Å². The Bertz CT molecular complexity index is 1060. The lowest BCUT2D eigenvalue weighted by molar-refractivity contribution is -0.139. The van der Waals surface area contributed by atoms with Crippen LogP contribution in [0.15, 0.2) is 54.6 Å². The minimum Gasteiger partial charge on any atom is -0.497 e. The van der Waals surface area contributed by atoms with Gasteiger partial charge < -0.3 is 20.3 Å². The first-order valence-corrected chi connectivity index (χ1v) is 10.3. The zero-order chi connectivity index (χ0) is 25.3. The Labute approximate surface area is 195 Å². The first-order chi connectivity index (χ1) is 16.1. The molecule has 11 heteroatoms. The number of pyridine rings is 1. The van der Waals surface area contributed by atoms with E-state index in [1.807, 2.05) is 0 Å². The largest absolute Gasteiger partial charge is 0.497 e. The van der Waals surface area contributed by atoms with E-state index in [1.54, 1.807) is 19.1 Å². The maximum Gasteiger partial charge on any atom is 0.253 e. The molecule has 2 N–H and O–H groups in total. The standard InChI is InChI=1S/C23H25F2N5O4/c1-4-17(34-3)6-5-15(2)21(32)29-19-13-27-9-7-18(19)22(33)28-14-20(31)30-10-8-23(24,25)11-16(30)12-26/h4-7,9,13,16H,1,8,10-11,14H2,2-3H3,(H,28,33)(H,29,32)/b15-5+,17-6+/t16-/m0/s1. The average Bonchev–Trinajstić information content (AvgIpc) is 2.82. The number of carbonyl (C=O) groups is 3. The maximum atomic E-state index is 13.5. The van der Waals surface area contributed by atoms with E-state index in [4.69, 9.17) is 10.00 Å². The van der Waals surface area contributed by atoms with Crippen molar-refractivity contribution in [3.63, 3.8) is 0 Å². The number of amides is 3. The molecule has 1 aromatic heterocycles. The second-order valence-electron chi connectivity index (χ2n) is 7.43. The maximum absolute atomic E-state index is 13.5. The molecular formula is C23H25F2N5O4. The van der Waals surface area contributed by atoms with Crippen LogP contribution in [0.25, 0.3) is 0 Å². The van der Waals surface area contributed by atoms with Gasteiger partial charge in [0.1, 0.15) is 11.8 Å². The summed E-state index contributed by atoms with van der Waals surface area (Å²) in [5.74, 6) is -4.40. The van der Waals surface area contributed by atoms with Crippen LogP contribution < -0.4 is 10.6 Å². The summed E-state index contributed by atoms with van der Waals surface area (Å²) in [6, 6.07) is 1.79. The van der Waals surface area contributed by atoms with Crippen molar-refractivity contribution < 1.29 is 27.9 Å². The summed E-state index contributed by atoms with van der Waals surface area (Å²) >= 11 is 0. The Morgan fingerprint density at radius 3 is 2.79 bits per heavy atom. The molecule has 180 valence electrons. The lowest BCUT2D eigenvalue weighted by Crippen LogP contribution is -2.51. The third-order valence-corrected chi connectivity index (χ3v) is 5.06. The molecule has 0 unspecified atom stereocenters. The Morgan fingerprint density at radius 2 is 2.15 bits per heavy atom.